The fourth-order valence-electron chi connectivity index (χ4n) is 2.90. The third-order valence-corrected chi connectivity index (χ3v) is 4.56. The summed E-state index contributed by atoms with van der Waals surface area (Å²) in [4.78, 5) is 12.4. The van der Waals surface area contributed by atoms with Crippen LogP contribution in [0.1, 0.15) is 36.7 Å². The van der Waals surface area contributed by atoms with Crippen LogP contribution in [0, 0.1) is 0 Å². The van der Waals surface area contributed by atoms with Gasteiger partial charge in [0.25, 0.3) is 5.91 Å². The average Bonchev–Trinajstić information content (AvgIpc) is 3.17. The van der Waals surface area contributed by atoms with Gasteiger partial charge in [0.05, 0.1) is 0 Å². The van der Waals surface area contributed by atoms with Gasteiger partial charge in [-0.2, -0.15) is 0 Å². The SMILES string of the molecule is CC(C)(C)c1ccc(C(=O)Nc2ccc(Nc3ccc4c(c3)OCO4)nn2)cc1. The Morgan fingerprint density at radius 3 is 2.28 bits per heavy atom. The number of fused-ring (bicyclic) bond motifs is 1. The van der Waals surface area contributed by atoms with Crippen molar-refractivity contribution >= 4 is 23.2 Å². The van der Waals surface area contributed by atoms with Crippen LogP contribution < -0.4 is 20.1 Å². The molecule has 2 heterocycles. The molecule has 148 valence electrons. The van der Waals surface area contributed by atoms with E-state index in [1.807, 2.05) is 42.5 Å². The van der Waals surface area contributed by atoms with Crippen LogP contribution >= 0.6 is 0 Å². The van der Waals surface area contributed by atoms with Crippen molar-refractivity contribution in [3.05, 3.63) is 65.7 Å². The molecule has 7 heteroatoms. The Bertz CT molecular complexity index is 1030. The normalized spacial score (nSPS) is 12.5. The number of nitrogens with zero attached hydrogens (tertiary/aromatic N) is 2. The maximum atomic E-state index is 12.4. The van der Waals surface area contributed by atoms with E-state index in [9.17, 15) is 4.79 Å². The summed E-state index contributed by atoms with van der Waals surface area (Å²) in [5, 5.41) is 14.1. The molecule has 0 saturated heterocycles. The molecule has 0 radical (unpaired) electrons. The lowest BCUT2D eigenvalue weighted by atomic mass is 9.87. The number of carbonyl (C=O) groups excluding carboxylic acids is 1. The molecule has 1 aliphatic heterocycles. The highest BCUT2D eigenvalue weighted by atomic mass is 16.7. The van der Waals surface area contributed by atoms with Gasteiger partial charge in [0.2, 0.25) is 6.79 Å². The monoisotopic (exact) mass is 390 g/mol. The summed E-state index contributed by atoms with van der Waals surface area (Å²) >= 11 is 0. The number of ether oxygens (including phenoxy) is 2. The van der Waals surface area contributed by atoms with Crippen molar-refractivity contribution in [3.8, 4) is 11.5 Å². The van der Waals surface area contributed by atoms with Gasteiger partial charge < -0.3 is 20.1 Å². The van der Waals surface area contributed by atoms with E-state index in [1.54, 1.807) is 12.1 Å². The predicted octanol–water partition coefficient (Wildman–Crippen LogP) is 4.50. The van der Waals surface area contributed by atoms with Crippen LogP contribution in [-0.2, 0) is 5.41 Å². The first-order chi connectivity index (χ1) is 13.9. The number of amides is 1. The fraction of sp³-hybridized carbons (Fsp3) is 0.227. The Hall–Kier alpha value is -3.61. The van der Waals surface area contributed by atoms with Crippen molar-refractivity contribution < 1.29 is 14.3 Å². The van der Waals surface area contributed by atoms with E-state index in [2.05, 4.69) is 41.6 Å². The molecule has 1 amide bonds. The zero-order chi connectivity index (χ0) is 20.4. The second-order valence-electron chi connectivity index (χ2n) is 7.78. The highest BCUT2D eigenvalue weighted by Gasteiger charge is 2.15. The molecule has 4 rings (SSSR count). The van der Waals surface area contributed by atoms with E-state index < -0.39 is 0 Å². The quantitative estimate of drug-likeness (QED) is 0.682. The van der Waals surface area contributed by atoms with Crippen LogP contribution in [0.25, 0.3) is 0 Å². The van der Waals surface area contributed by atoms with Gasteiger partial charge in [-0.05, 0) is 47.4 Å². The molecule has 0 saturated carbocycles. The van der Waals surface area contributed by atoms with Gasteiger partial charge in [-0.25, -0.2) is 0 Å². The molecule has 0 unspecified atom stereocenters. The summed E-state index contributed by atoms with van der Waals surface area (Å²) in [6, 6.07) is 16.6. The Labute approximate surface area is 169 Å². The Morgan fingerprint density at radius 2 is 1.59 bits per heavy atom. The molecule has 0 aliphatic carbocycles. The highest BCUT2D eigenvalue weighted by molar-refractivity contribution is 6.03. The second kappa shape index (κ2) is 7.43. The minimum absolute atomic E-state index is 0.0429. The number of hydrogen-bond acceptors (Lipinski definition) is 6. The van der Waals surface area contributed by atoms with E-state index in [4.69, 9.17) is 9.47 Å². The average molecular weight is 390 g/mol. The van der Waals surface area contributed by atoms with Crippen molar-refractivity contribution in [1.29, 1.82) is 0 Å². The molecule has 1 aliphatic rings. The molecule has 3 aromatic rings. The van der Waals surface area contributed by atoms with E-state index in [0.29, 0.717) is 22.9 Å². The zero-order valence-electron chi connectivity index (χ0n) is 16.5. The molecule has 1 aromatic heterocycles. The van der Waals surface area contributed by atoms with E-state index in [0.717, 1.165) is 11.4 Å². The van der Waals surface area contributed by atoms with Crippen molar-refractivity contribution in [2.24, 2.45) is 0 Å². The number of aromatic nitrogens is 2. The van der Waals surface area contributed by atoms with Crippen molar-refractivity contribution in [2.75, 3.05) is 17.4 Å². The molecule has 0 fully saturated rings. The first-order valence-corrected chi connectivity index (χ1v) is 9.31. The molecule has 2 N–H and O–H groups in total. The number of rotatable bonds is 4. The van der Waals surface area contributed by atoms with Crippen LogP contribution in [0.4, 0.5) is 17.3 Å². The third-order valence-electron chi connectivity index (χ3n) is 4.56. The van der Waals surface area contributed by atoms with E-state index in [-0.39, 0.29) is 18.1 Å². The van der Waals surface area contributed by atoms with Crippen LogP contribution in [0.15, 0.2) is 54.6 Å². The second-order valence-corrected chi connectivity index (χ2v) is 7.78. The summed E-state index contributed by atoms with van der Waals surface area (Å²) < 4.78 is 10.7. The highest BCUT2D eigenvalue weighted by Crippen LogP contribution is 2.34. The lowest BCUT2D eigenvalue weighted by Crippen LogP contribution is -2.15. The number of carbonyl (C=O) groups is 1. The van der Waals surface area contributed by atoms with Crippen LogP contribution in [0.3, 0.4) is 0 Å². The summed E-state index contributed by atoms with van der Waals surface area (Å²) in [6.45, 7) is 6.64. The number of nitrogens with one attached hydrogen (secondary N) is 2. The predicted molar refractivity (Wildman–Crippen MR) is 111 cm³/mol. The topological polar surface area (TPSA) is 85.4 Å². The van der Waals surface area contributed by atoms with Crippen molar-refractivity contribution in [1.82, 2.24) is 10.2 Å². The van der Waals surface area contributed by atoms with Gasteiger partial charge in [0.1, 0.15) is 0 Å². The first-order valence-electron chi connectivity index (χ1n) is 9.31. The van der Waals surface area contributed by atoms with Crippen LogP contribution in [-0.4, -0.2) is 22.9 Å². The standard InChI is InChI=1S/C22H22N4O3/c1-22(2,3)15-6-4-14(5-7-15)21(27)24-20-11-10-19(25-26-20)23-16-8-9-17-18(12-16)29-13-28-17/h4-12H,13H2,1-3H3,(H,23,25)(H,24,26,27). The molecule has 0 spiro atoms. The molecule has 0 bridgehead atoms. The maximum Gasteiger partial charge on any atom is 0.256 e. The lowest BCUT2D eigenvalue weighted by molar-refractivity contribution is 0.102. The molecular formula is C22H22N4O3. The van der Waals surface area contributed by atoms with E-state index in [1.165, 1.54) is 5.56 Å². The fourth-order valence-corrected chi connectivity index (χ4v) is 2.90. The third kappa shape index (κ3) is 4.29. The Kier molecular flexibility index (Phi) is 4.80. The Balaban J connectivity index is 1.39. The zero-order valence-corrected chi connectivity index (χ0v) is 16.5. The maximum absolute atomic E-state index is 12.4. The van der Waals surface area contributed by atoms with Gasteiger partial charge >= 0.3 is 0 Å². The first kappa shape index (κ1) is 18.7. The van der Waals surface area contributed by atoms with Crippen LogP contribution in [0.5, 0.6) is 11.5 Å². The number of anilines is 3. The van der Waals surface area contributed by atoms with Crippen molar-refractivity contribution in [3.63, 3.8) is 0 Å². The van der Waals surface area contributed by atoms with Gasteiger partial charge in [-0.3, -0.25) is 4.79 Å². The molecule has 0 atom stereocenters. The molecule has 29 heavy (non-hydrogen) atoms. The summed E-state index contributed by atoms with van der Waals surface area (Å²) in [5.41, 5.74) is 2.59. The van der Waals surface area contributed by atoms with E-state index >= 15 is 0 Å². The summed E-state index contributed by atoms with van der Waals surface area (Å²) in [7, 11) is 0. The van der Waals surface area contributed by atoms with Gasteiger partial charge in [-0.1, -0.05) is 32.9 Å². The largest absolute Gasteiger partial charge is 0.454 e. The summed E-state index contributed by atoms with van der Waals surface area (Å²) in [6.07, 6.45) is 0. The van der Waals surface area contributed by atoms with Gasteiger partial charge in [0.15, 0.2) is 23.1 Å². The van der Waals surface area contributed by atoms with Gasteiger partial charge in [-0.15, -0.1) is 10.2 Å². The van der Waals surface area contributed by atoms with Gasteiger partial charge in [0, 0.05) is 17.3 Å². The van der Waals surface area contributed by atoms with Crippen LogP contribution in [0.2, 0.25) is 0 Å². The minimum Gasteiger partial charge on any atom is -0.454 e. The summed E-state index contributed by atoms with van der Waals surface area (Å²) in [5.74, 6) is 2.11. The Morgan fingerprint density at radius 1 is 0.897 bits per heavy atom. The molecule has 7 nitrogen and oxygen atoms in total. The smallest absolute Gasteiger partial charge is 0.256 e. The minimum atomic E-state index is -0.226. The molecule has 2 aromatic carbocycles. The lowest BCUT2D eigenvalue weighted by Gasteiger charge is -2.19. The molecular weight excluding hydrogens is 368 g/mol. The number of benzene rings is 2. The van der Waals surface area contributed by atoms with Crippen molar-refractivity contribution in [2.45, 2.75) is 26.2 Å². The number of hydrogen-bond donors (Lipinski definition) is 2.